The van der Waals surface area contributed by atoms with Gasteiger partial charge in [-0.25, -0.2) is 0 Å². The summed E-state index contributed by atoms with van der Waals surface area (Å²) in [5, 5.41) is 8.67. The minimum atomic E-state index is -0.0987. The number of hydrogen-bond acceptors (Lipinski definition) is 4. The van der Waals surface area contributed by atoms with Crippen molar-refractivity contribution in [3.05, 3.63) is 29.8 Å². The number of carbonyl (C=O) groups excluding carboxylic acids is 2. The number of anilines is 1. The highest BCUT2D eigenvalue weighted by Crippen LogP contribution is 2.10. The molecule has 1 fully saturated rings. The third-order valence-corrected chi connectivity index (χ3v) is 3.45. The van der Waals surface area contributed by atoms with Gasteiger partial charge in [-0.2, -0.15) is 0 Å². The maximum atomic E-state index is 11.7. The van der Waals surface area contributed by atoms with Crippen LogP contribution in [0.25, 0.3) is 0 Å². The molecule has 0 saturated carbocycles. The molecule has 0 aromatic heterocycles. The molecule has 6 nitrogen and oxygen atoms in total. The molecule has 1 heterocycles. The summed E-state index contributed by atoms with van der Waals surface area (Å²) in [5.74, 6) is -0.137. The Kier molecular flexibility index (Phi) is 6.36. The summed E-state index contributed by atoms with van der Waals surface area (Å²) < 4.78 is 5.48. The molecule has 0 unspecified atom stereocenters. The molecular formula is C16H23N3O3. The average Bonchev–Trinajstić information content (AvgIpc) is 2.99. The normalized spacial score (nSPS) is 17.2. The van der Waals surface area contributed by atoms with Gasteiger partial charge in [-0.05, 0) is 30.5 Å². The number of rotatable bonds is 7. The molecule has 2 rings (SSSR count). The van der Waals surface area contributed by atoms with E-state index in [-0.39, 0.29) is 17.9 Å². The van der Waals surface area contributed by atoms with Gasteiger partial charge in [0.2, 0.25) is 11.8 Å². The fourth-order valence-corrected chi connectivity index (χ4v) is 2.32. The van der Waals surface area contributed by atoms with Crippen LogP contribution in [0.2, 0.25) is 0 Å². The van der Waals surface area contributed by atoms with E-state index in [1.165, 1.54) is 6.92 Å². The van der Waals surface area contributed by atoms with E-state index in [4.69, 9.17) is 4.74 Å². The van der Waals surface area contributed by atoms with Gasteiger partial charge in [0.25, 0.3) is 0 Å². The Morgan fingerprint density at radius 1 is 1.27 bits per heavy atom. The quantitative estimate of drug-likeness (QED) is 0.703. The molecule has 1 saturated heterocycles. The van der Waals surface area contributed by atoms with E-state index < -0.39 is 0 Å². The van der Waals surface area contributed by atoms with Gasteiger partial charge >= 0.3 is 0 Å². The molecular weight excluding hydrogens is 282 g/mol. The molecule has 1 aromatic rings. The fraction of sp³-hybridized carbons (Fsp3) is 0.500. The Morgan fingerprint density at radius 3 is 2.68 bits per heavy atom. The van der Waals surface area contributed by atoms with Crippen molar-refractivity contribution >= 4 is 17.5 Å². The predicted octanol–water partition coefficient (Wildman–Crippen LogP) is 1.03. The summed E-state index contributed by atoms with van der Waals surface area (Å²) >= 11 is 0. The van der Waals surface area contributed by atoms with Crippen LogP contribution in [0.15, 0.2) is 24.3 Å². The van der Waals surface area contributed by atoms with Gasteiger partial charge in [-0.1, -0.05) is 12.1 Å². The Labute approximate surface area is 130 Å². The highest BCUT2D eigenvalue weighted by Gasteiger charge is 2.14. The number of benzene rings is 1. The number of ether oxygens (including phenoxy) is 1. The van der Waals surface area contributed by atoms with Gasteiger partial charge in [-0.3, -0.25) is 9.59 Å². The van der Waals surface area contributed by atoms with Crippen molar-refractivity contribution in [1.82, 2.24) is 10.6 Å². The highest BCUT2D eigenvalue weighted by atomic mass is 16.5. The van der Waals surface area contributed by atoms with Crippen LogP contribution in [-0.2, 0) is 20.9 Å². The van der Waals surface area contributed by atoms with Crippen molar-refractivity contribution < 1.29 is 14.3 Å². The lowest BCUT2D eigenvalue weighted by Gasteiger charge is -2.11. The highest BCUT2D eigenvalue weighted by molar-refractivity contribution is 5.88. The number of nitrogens with one attached hydrogen (secondary N) is 3. The van der Waals surface area contributed by atoms with Crippen molar-refractivity contribution in [2.75, 3.05) is 25.0 Å². The van der Waals surface area contributed by atoms with Crippen molar-refractivity contribution in [1.29, 1.82) is 0 Å². The van der Waals surface area contributed by atoms with E-state index in [2.05, 4.69) is 16.0 Å². The average molecular weight is 305 g/mol. The Hall–Kier alpha value is -1.92. The topological polar surface area (TPSA) is 79.5 Å². The minimum absolute atomic E-state index is 0.0380. The monoisotopic (exact) mass is 305 g/mol. The predicted molar refractivity (Wildman–Crippen MR) is 84.4 cm³/mol. The van der Waals surface area contributed by atoms with Gasteiger partial charge in [0.15, 0.2) is 0 Å². The summed E-state index contributed by atoms with van der Waals surface area (Å²) in [5.41, 5.74) is 1.74. The van der Waals surface area contributed by atoms with Gasteiger partial charge in [0, 0.05) is 32.3 Å². The van der Waals surface area contributed by atoms with Crippen molar-refractivity contribution in [2.24, 2.45) is 0 Å². The minimum Gasteiger partial charge on any atom is -0.377 e. The molecule has 120 valence electrons. The van der Waals surface area contributed by atoms with Gasteiger partial charge in [0.05, 0.1) is 12.6 Å². The zero-order chi connectivity index (χ0) is 15.8. The van der Waals surface area contributed by atoms with E-state index in [1.807, 2.05) is 24.3 Å². The maximum Gasteiger partial charge on any atom is 0.234 e. The third-order valence-electron chi connectivity index (χ3n) is 3.45. The van der Waals surface area contributed by atoms with Crippen molar-refractivity contribution in [3.8, 4) is 0 Å². The number of amides is 2. The SMILES string of the molecule is CC(=O)Nc1ccc(CNC(=O)CNC[C@@H]2CCCO2)cc1. The van der Waals surface area contributed by atoms with E-state index in [0.29, 0.717) is 13.1 Å². The van der Waals surface area contributed by atoms with Crippen molar-refractivity contribution in [3.63, 3.8) is 0 Å². The zero-order valence-electron chi connectivity index (χ0n) is 12.9. The van der Waals surface area contributed by atoms with Crippen LogP contribution in [0.5, 0.6) is 0 Å². The standard InChI is InChI=1S/C16H23N3O3/c1-12(20)19-14-6-4-13(5-7-14)9-18-16(21)11-17-10-15-3-2-8-22-15/h4-7,15,17H,2-3,8-11H2,1H3,(H,18,21)(H,19,20)/t15-/m0/s1. The summed E-state index contributed by atoms with van der Waals surface area (Å²) in [6.45, 7) is 3.79. The molecule has 0 radical (unpaired) electrons. The van der Waals surface area contributed by atoms with Crippen molar-refractivity contribution in [2.45, 2.75) is 32.4 Å². The molecule has 22 heavy (non-hydrogen) atoms. The van der Waals surface area contributed by atoms with E-state index >= 15 is 0 Å². The molecule has 0 bridgehead atoms. The van der Waals surface area contributed by atoms with Gasteiger partial charge < -0.3 is 20.7 Å². The number of carbonyl (C=O) groups is 2. The first-order valence-corrected chi connectivity index (χ1v) is 7.59. The van der Waals surface area contributed by atoms with Crippen LogP contribution in [-0.4, -0.2) is 37.6 Å². The summed E-state index contributed by atoms with van der Waals surface area (Å²) in [6.07, 6.45) is 2.41. The molecule has 3 N–H and O–H groups in total. The lowest BCUT2D eigenvalue weighted by molar-refractivity contribution is -0.120. The number of hydrogen-bond donors (Lipinski definition) is 3. The largest absolute Gasteiger partial charge is 0.377 e. The second-order valence-corrected chi connectivity index (χ2v) is 5.42. The smallest absolute Gasteiger partial charge is 0.234 e. The van der Waals surface area contributed by atoms with Gasteiger partial charge in [-0.15, -0.1) is 0 Å². The first-order chi connectivity index (χ1) is 10.6. The molecule has 0 spiro atoms. The lowest BCUT2D eigenvalue weighted by Crippen LogP contribution is -2.36. The Bertz CT molecular complexity index is 496. The lowest BCUT2D eigenvalue weighted by atomic mass is 10.2. The first-order valence-electron chi connectivity index (χ1n) is 7.59. The van der Waals surface area contributed by atoms with E-state index in [9.17, 15) is 9.59 Å². The van der Waals surface area contributed by atoms with Crippen LogP contribution < -0.4 is 16.0 Å². The summed E-state index contributed by atoms with van der Waals surface area (Å²) in [7, 11) is 0. The first kappa shape index (κ1) is 16.5. The molecule has 1 aliphatic heterocycles. The van der Waals surface area contributed by atoms with E-state index in [1.54, 1.807) is 0 Å². The third kappa shape index (κ3) is 5.83. The van der Waals surface area contributed by atoms with Crippen LogP contribution in [0, 0.1) is 0 Å². The van der Waals surface area contributed by atoms with Crippen LogP contribution in [0.1, 0.15) is 25.3 Å². The summed E-state index contributed by atoms with van der Waals surface area (Å²) in [4.78, 5) is 22.7. The van der Waals surface area contributed by atoms with Crippen LogP contribution in [0.3, 0.4) is 0 Å². The Morgan fingerprint density at radius 2 is 2.05 bits per heavy atom. The second-order valence-electron chi connectivity index (χ2n) is 5.42. The second kappa shape index (κ2) is 8.51. The van der Waals surface area contributed by atoms with Crippen LogP contribution in [0.4, 0.5) is 5.69 Å². The van der Waals surface area contributed by atoms with Crippen LogP contribution >= 0.6 is 0 Å². The molecule has 6 heteroatoms. The Balaban J connectivity index is 1.63. The molecule has 1 aromatic carbocycles. The molecule has 2 amide bonds. The molecule has 1 atom stereocenters. The molecule has 0 aliphatic carbocycles. The molecule has 1 aliphatic rings. The zero-order valence-corrected chi connectivity index (χ0v) is 12.9. The van der Waals surface area contributed by atoms with E-state index in [0.717, 1.165) is 37.2 Å². The van der Waals surface area contributed by atoms with Gasteiger partial charge in [0.1, 0.15) is 0 Å². The maximum absolute atomic E-state index is 11.7. The fourth-order valence-electron chi connectivity index (χ4n) is 2.32. The summed E-state index contributed by atoms with van der Waals surface area (Å²) in [6, 6.07) is 7.40.